The number of rotatable bonds is 3. The van der Waals surface area contributed by atoms with Crippen molar-refractivity contribution in [2.24, 2.45) is 0 Å². The third-order valence-electron chi connectivity index (χ3n) is 3.11. The van der Waals surface area contributed by atoms with Gasteiger partial charge in [-0.15, -0.1) is 10.2 Å². The van der Waals surface area contributed by atoms with Crippen LogP contribution in [0, 0.1) is 0 Å². The van der Waals surface area contributed by atoms with Gasteiger partial charge < -0.3 is 5.32 Å². The highest BCUT2D eigenvalue weighted by Crippen LogP contribution is 2.25. The smallest absolute Gasteiger partial charge is 0.230 e. The largest absolute Gasteiger partial charge is 0.308 e. The third-order valence-corrected chi connectivity index (χ3v) is 3.39. The van der Waals surface area contributed by atoms with Crippen molar-refractivity contribution < 1.29 is 4.79 Å². The fraction of sp³-hybridized carbons (Fsp3) is 0.0625. The number of nitrogens with zero attached hydrogens (tertiary/aromatic N) is 2. The maximum absolute atomic E-state index is 12.1. The first-order valence-corrected chi connectivity index (χ1v) is 6.86. The summed E-state index contributed by atoms with van der Waals surface area (Å²) in [5.41, 5.74) is 0.946. The molecule has 21 heavy (non-hydrogen) atoms. The number of amides is 1. The Hall–Kier alpha value is -2.46. The van der Waals surface area contributed by atoms with Gasteiger partial charge in [-0.3, -0.25) is 4.79 Å². The summed E-state index contributed by atoms with van der Waals surface area (Å²) in [5.74, 6) is 0.291. The minimum absolute atomic E-state index is 0.136. The molecule has 1 amide bonds. The molecule has 2 aromatic carbocycles. The lowest BCUT2D eigenvalue weighted by atomic mass is 10.1. The molecule has 0 radical (unpaired) electrons. The van der Waals surface area contributed by atoms with Crippen LogP contribution in [0.4, 0.5) is 5.82 Å². The first-order valence-electron chi connectivity index (χ1n) is 6.49. The second-order valence-electron chi connectivity index (χ2n) is 4.60. The van der Waals surface area contributed by atoms with Crippen LogP contribution in [0.1, 0.15) is 5.56 Å². The number of hydrogen-bond acceptors (Lipinski definition) is 3. The lowest BCUT2D eigenvalue weighted by Crippen LogP contribution is -2.16. The summed E-state index contributed by atoms with van der Waals surface area (Å²) in [6, 6.07) is 17.0. The Morgan fingerprint density at radius 3 is 2.38 bits per heavy atom. The predicted molar refractivity (Wildman–Crippen MR) is 83.3 cm³/mol. The molecule has 0 aliphatic carbocycles. The standard InChI is InChI=1S/C16H12ClN3O/c17-15-12-8-4-5-9-13(12)16(20-19-15)18-14(21)10-11-6-2-1-3-7-11/h1-9H,10H2,(H,18,20,21). The number of benzene rings is 2. The van der Waals surface area contributed by atoms with Crippen molar-refractivity contribution in [2.75, 3.05) is 5.32 Å². The Morgan fingerprint density at radius 1 is 0.952 bits per heavy atom. The molecule has 5 heteroatoms. The molecule has 0 aliphatic heterocycles. The van der Waals surface area contributed by atoms with Gasteiger partial charge in [-0.1, -0.05) is 66.2 Å². The van der Waals surface area contributed by atoms with Crippen LogP contribution in [-0.2, 0) is 11.2 Å². The van der Waals surface area contributed by atoms with Crippen LogP contribution in [0.5, 0.6) is 0 Å². The second-order valence-corrected chi connectivity index (χ2v) is 4.95. The summed E-state index contributed by atoms with van der Waals surface area (Å²) in [6.07, 6.45) is 0.291. The van der Waals surface area contributed by atoms with E-state index in [-0.39, 0.29) is 5.91 Å². The molecule has 0 atom stereocenters. The van der Waals surface area contributed by atoms with Crippen LogP contribution in [0.2, 0.25) is 5.15 Å². The van der Waals surface area contributed by atoms with Gasteiger partial charge >= 0.3 is 0 Å². The van der Waals surface area contributed by atoms with Crippen molar-refractivity contribution in [3.63, 3.8) is 0 Å². The number of carbonyl (C=O) groups is 1. The lowest BCUT2D eigenvalue weighted by Gasteiger charge is -2.07. The van der Waals surface area contributed by atoms with E-state index in [4.69, 9.17) is 11.6 Å². The van der Waals surface area contributed by atoms with E-state index in [2.05, 4.69) is 15.5 Å². The number of halogens is 1. The molecule has 1 heterocycles. The molecular weight excluding hydrogens is 286 g/mol. The Kier molecular flexibility index (Phi) is 3.79. The average molecular weight is 298 g/mol. The highest BCUT2D eigenvalue weighted by atomic mass is 35.5. The molecule has 1 aromatic heterocycles. The van der Waals surface area contributed by atoms with E-state index in [0.717, 1.165) is 16.3 Å². The molecule has 0 saturated heterocycles. The van der Waals surface area contributed by atoms with E-state index in [1.165, 1.54) is 0 Å². The maximum Gasteiger partial charge on any atom is 0.230 e. The van der Waals surface area contributed by atoms with Crippen molar-refractivity contribution in [3.05, 3.63) is 65.3 Å². The molecule has 0 unspecified atom stereocenters. The highest BCUT2D eigenvalue weighted by Gasteiger charge is 2.10. The topological polar surface area (TPSA) is 54.9 Å². The fourth-order valence-electron chi connectivity index (χ4n) is 2.12. The summed E-state index contributed by atoms with van der Waals surface area (Å²) in [5, 5.41) is 12.5. The Bertz CT molecular complexity index is 790. The molecule has 0 saturated carbocycles. The van der Waals surface area contributed by atoms with E-state index in [0.29, 0.717) is 17.4 Å². The first kappa shape index (κ1) is 13.5. The van der Waals surface area contributed by atoms with Gasteiger partial charge in [-0.05, 0) is 5.56 Å². The number of anilines is 1. The van der Waals surface area contributed by atoms with Gasteiger partial charge in [-0.2, -0.15) is 0 Å². The van der Waals surface area contributed by atoms with Gasteiger partial charge in [0.15, 0.2) is 11.0 Å². The summed E-state index contributed by atoms with van der Waals surface area (Å²) < 4.78 is 0. The highest BCUT2D eigenvalue weighted by molar-refractivity contribution is 6.34. The third kappa shape index (κ3) is 3.01. The van der Waals surface area contributed by atoms with E-state index in [1.54, 1.807) is 0 Å². The van der Waals surface area contributed by atoms with Gasteiger partial charge in [0.05, 0.1) is 6.42 Å². The minimum atomic E-state index is -0.136. The van der Waals surface area contributed by atoms with Crippen LogP contribution in [0.25, 0.3) is 10.8 Å². The number of aromatic nitrogens is 2. The summed E-state index contributed by atoms with van der Waals surface area (Å²) in [6.45, 7) is 0. The molecule has 0 aliphatic rings. The summed E-state index contributed by atoms with van der Waals surface area (Å²) in [7, 11) is 0. The van der Waals surface area contributed by atoms with E-state index in [9.17, 15) is 4.79 Å². The Labute approximate surface area is 126 Å². The van der Waals surface area contributed by atoms with Crippen LogP contribution in [0.15, 0.2) is 54.6 Å². The number of nitrogens with one attached hydrogen (secondary N) is 1. The Balaban J connectivity index is 1.85. The molecule has 3 rings (SSSR count). The van der Waals surface area contributed by atoms with Gasteiger partial charge in [0.1, 0.15) is 0 Å². The van der Waals surface area contributed by atoms with Crippen molar-refractivity contribution >= 4 is 34.1 Å². The van der Waals surface area contributed by atoms with Gasteiger partial charge in [-0.25, -0.2) is 0 Å². The Morgan fingerprint density at radius 2 is 1.62 bits per heavy atom. The summed E-state index contributed by atoms with van der Waals surface area (Å²) >= 11 is 6.01. The molecule has 0 fully saturated rings. The lowest BCUT2D eigenvalue weighted by molar-refractivity contribution is -0.115. The van der Waals surface area contributed by atoms with Gasteiger partial charge in [0.2, 0.25) is 5.91 Å². The predicted octanol–water partition coefficient (Wildman–Crippen LogP) is 3.46. The molecule has 3 aromatic rings. The van der Waals surface area contributed by atoms with Crippen LogP contribution < -0.4 is 5.32 Å². The van der Waals surface area contributed by atoms with E-state index in [1.807, 2.05) is 54.6 Å². The fourth-order valence-corrected chi connectivity index (χ4v) is 2.32. The minimum Gasteiger partial charge on any atom is -0.308 e. The molecule has 0 spiro atoms. The van der Waals surface area contributed by atoms with Crippen LogP contribution in [-0.4, -0.2) is 16.1 Å². The number of carbonyl (C=O) groups excluding carboxylic acids is 1. The molecular formula is C16H12ClN3O. The maximum atomic E-state index is 12.1. The van der Waals surface area contributed by atoms with Gasteiger partial charge in [0.25, 0.3) is 0 Å². The van der Waals surface area contributed by atoms with Crippen LogP contribution in [0.3, 0.4) is 0 Å². The quantitative estimate of drug-likeness (QED) is 0.805. The van der Waals surface area contributed by atoms with Crippen molar-refractivity contribution in [2.45, 2.75) is 6.42 Å². The van der Waals surface area contributed by atoms with Gasteiger partial charge in [0, 0.05) is 10.8 Å². The second kappa shape index (κ2) is 5.89. The average Bonchev–Trinajstić information content (AvgIpc) is 2.51. The molecule has 4 nitrogen and oxygen atoms in total. The van der Waals surface area contributed by atoms with Crippen molar-refractivity contribution in [1.82, 2.24) is 10.2 Å². The molecule has 0 bridgehead atoms. The SMILES string of the molecule is O=C(Cc1ccccc1)Nc1nnc(Cl)c2ccccc12. The number of hydrogen-bond donors (Lipinski definition) is 1. The van der Waals surface area contributed by atoms with E-state index < -0.39 is 0 Å². The molecule has 1 N–H and O–H groups in total. The first-order chi connectivity index (χ1) is 10.2. The van der Waals surface area contributed by atoms with E-state index >= 15 is 0 Å². The van der Waals surface area contributed by atoms with Crippen LogP contribution >= 0.6 is 11.6 Å². The zero-order valence-electron chi connectivity index (χ0n) is 11.1. The number of fused-ring (bicyclic) bond motifs is 1. The normalized spacial score (nSPS) is 10.5. The van der Waals surface area contributed by atoms with Crippen molar-refractivity contribution in [1.29, 1.82) is 0 Å². The van der Waals surface area contributed by atoms with Crippen molar-refractivity contribution in [3.8, 4) is 0 Å². The monoisotopic (exact) mass is 297 g/mol. The summed E-state index contributed by atoms with van der Waals surface area (Å²) in [4.78, 5) is 12.1. The molecule has 104 valence electrons. The zero-order valence-corrected chi connectivity index (χ0v) is 11.8. The zero-order chi connectivity index (χ0) is 14.7.